The summed E-state index contributed by atoms with van der Waals surface area (Å²) in [4.78, 5) is 2.45. The van der Waals surface area contributed by atoms with E-state index in [2.05, 4.69) is 33.8 Å². The summed E-state index contributed by atoms with van der Waals surface area (Å²) in [6, 6.07) is 0.721. The molecule has 0 amide bonds. The van der Waals surface area contributed by atoms with Crippen LogP contribution in [0.25, 0.3) is 0 Å². The highest BCUT2D eigenvalue weighted by Gasteiger charge is 2.24. The van der Waals surface area contributed by atoms with Crippen molar-refractivity contribution in [1.82, 2.24) is 14.5 Å². The van der Waals surface area contributed by atoms with E-state index in [-0.39, 0.29) is 0 Å². The Morgan fingerprint density at radius 1 is 1.33 bits per heavy atom. The minimum Gasteiger partial charge on any atom is -0.377 e. The van der Waals surface area contributed by atoms with Crippen molar-refractivity contribution in [2.75, 3.05) is 19.4 Å². The third-order valence-corrected chi connectivity index (χ3v) is 4.98. The van der Waals surface area contributed by atoms with Gasteiger partial charge in [-0.2, -0.15) is 0 Å². The Balaban J connectivity index is 1.87. The zero-order valence-electron chi connectivity index (χ0n) is 11.6. The summed E-state index contributed by atoms with van der Waals surface area (Å²) in [5.41, 5.74) is 1.09. The zero-order chi connectivity index (χ0) is 13.0. The van der Waals surface area contributed by atoms with Crippen LogP contribution in [0, 0.1) is 5.92 Å². The lowest BCUT2D eigenvalue weighted by Crippen LogP contribution is -2.34. The Morgan fingerprint density at radius 3 is 2.67 bits per heavy atom. The van der Waals surface area contributed by atoms with Gasteiger partial charge in [-0.3, -0.25) is 4.90 Å². The second kappa shape index (κ2) is 6.48. The van der Waals surface area contributed by atoms with Gasteiger partial charge in [0.25, 0.3) is 0 Å². The lowest BCUT2D eigenvalue weighted by Gasteiger charge is -2.34. The molecule has 1 fully saturated rings. The molecule has 1 aromatic heterocycles. The number of hydrogen-bond donors (Lipinski definition) is 1. The lowest BCUT2D eigenvalue weighted by atomic mass is 9.84. The molecule has 5 heteroatoms. The molecule has 0 saturated heterocycles. The SMILES string of the molecule is CCC1CCC(N(C)Cc2nnsc2NC)CC1. The van der Waals surface area contributed by atoms with Gasteiger partial charge < -0.3 is 5.32 Å². The third kappa shape index (κ3) is 3.20. The van der Waals surface area contributed by atoms with Gasteiger partial charge in [-0.15, -0.1) is 5.10 Å². The van der Waals surface area contributed by atoms with Crippen molar-refractivity contribution in [3.8, 4) is 0 Å². The molecule has 1 aromatic rings. The summed E-state index contributed by atoms with van der Waals surface area (Å²) >= 11 is 1.44. The summed E-state index contributed by atoms with van der Waals surface area (Å²) in [5, 5.41) is 8.49. The molecule has 2 rings (SSSR count). The number of rotatable bonds is 5. The average Bonchev–Trinajstić information content (AvgIpc) is 2.86. The molecular formula is C13H24N4S. The number of nitrogens with one attached hydrogen (secondary N) is 1. The number of hydrogen-bond acceptors (Lipinski definition) is 5. The number of anilines is 1. The number of nitrogens with zero attached hydrogens (tertiary/aromatic N) is 3. The first-order chi connectivity index (χ1) is 8.74. The molecule has 1 N–H and O–H groups in total. The van der Waals surface area contributed by atoms with Crippen molar-refractivity contribution in [3.63, 3.8) is 0 Å². The van der Waals surface area contributed by atoms with Gasteiger partial charge in [0.05, 0.1) is 0 Å². The maximum absolute atomic E-state index is 4.22. The first-order valence-corrected chi connectivity index (χ1v) is 7.71. The van der Waals surface area contributed by atoms with Crippen molar-refractivity contribution >= 4 is 16.5 Å². The highest BCUT2D eigenvalue weighted by molar-refractivity contribution is 7.10. The molecule has 1 aliphatic carbocycles. The molecule has 0 atom stereocenters. The van der Waals surface area contributed by atoms with Gasteiger partial charge in [-0.05, 0) is 38.6 Å². The maximum Gasteiger partial charge on any atom is 0.134 e. The Labute approximate surface area is 114 Å². The molecule has 4 nitrogen and oxygen atoms in total. The van der Waals surface area contributed by atoms with E-state index in [1.54, 1.807) is 0 Å². The molecule has 0 bridgehead atoms. The van der Waals surface area contributed by atoms with Crippen molar-refractivity contribution in [2.24, 2.45) is 5.92 Å². The lowest BCUT2D eigenvalue weighted by molar-refractivity contribution is 0.156. The van der Waals surface area contributed by atoms with Crippen molar-refractivity contribution in [1.29, 1.82) is 0 Å². The van der Waals surface area contributed by atoms with Crippen molar-refractivity contribution < 1.29 is 0 Å². The quantitative estimate of drug-likeness (QED) is 0.891. The summed E-state index contributed by atoms with van der Waals surface area (Å²) in [5.74, 6) is 0.962. The fraction of sp³-hybridized carbons (Fsp3) is 0.846. The minimum absolute atomic E-state index is 0.721. The summed E-state index contributed by atoms with van der Waals surface area (Å²) in [6.45, 7) is 3.23. The van der Waals surface area contributed by atoms with E-state index in [1.165, 1.54) is 43.6 Å². The fourth-order valence-electron chi connectivity index (χ4n) is 2.86. The molecular weight excluding hydrogens is 244 g/mol. The summed E-state index contributed by atoms with van der Waals surface area (Å²) in [7, 11) is 4.15. The first kappa shape index (κ1) is 13.7. The summed E-state index contributed by atoms with van der Waals surface area (Å²) < 4.78 is 4.02. The van der Waals surface area contributed by atoms with Gasteiger partial charge >= 0.3 is 0 Å². The number of aromatic nitrogens is 2. The van der Waals surface area contributed by atoms with Gasteiger partial charge in [0.1, 0.15) is 10.7 Å². The van der Waals surface area contributed by atoms with Crippen LogP contribution in [-0.4, -0.2) is 34.6 Å². The van der Waals surface area contributed by atoms with Gasteiger partial charge in [-0.1, -0.05) is 17.8 Å². The van der Waals surface area contributed by atoms with Gasteiger partial charge in [0, 0.05) is 31.2 Å². The van der Waals surface area contributed by atoms with E-state index in [4.69, 9.17) is 0 Å². The largest absolute Gasteiger partial charge is 0.377 e. The average molecular weight is 268 g/mol. The van der Waals surface area contributed by atoms with E-state index in [0.29, 0.717) is 0 Å². The minimum atomic E-state index is 0.721. The topological polar surface area (TPSA) is 41.1 Å². The van der Waals surface area contributed by atoms with Crippen LogP contribution >= 0.6 is 11.5 Å². The van der Waals surface area contributed by atoms with Crippen LogP contribution in [0.15, 0.2) is 0 Å². The van der Waals surface area contributed by atoms with E-state index in [0.717, 1.165) is 29.2 Å². The van der Waals surface area contributed by atoms with E-state index >= 15 is 0 Å². The second-order valence-electron chi connectivity index (χ2n) is 5.30. The Kier molecular flexibility index (Phi) is 4.95. The Bertz CT molecular complexity index is 358. The molecule has 0 unspecified atom stereocenters. The predicted molar refractivity (Wildman–Crippen MR) is 77.0 cm³/mol. The normalized spacial score (nSPS) is 24.4. The maximum atomic E-state index is 4.22. The van der Waals surface area contributed by atoms with Gasteiger partial charge in [0.2, 0.25) is 0 Å². The van der Waals surface area contributed by atoms with Crippen LogP contribution in [0.4, 0.5) is 5.00 Å². The smallest absolute Gasteiger partial charge is 0.134 e. The van der Waals surface area contributed by atoms with Crippen LogP contribution in [0.3, 0.4) is 0 Å². The molecule has 1 heterocycles. The first-order valence-electron chi connectivity index (χ1n) is 6.93. The van der Waals surface area contributed by atoms with Crippen molar-refractivity contribution in [2.45, 2.75) is 51.6 Å². The molecule has 18 heavy (non-hydrogen) atoms. The van der Waals surface area contributed by atoms with Crippen LogP contribution < -0.4 is 5.32 Å². The highest BCUT2D eigenvalue weighted by atomic mass is 32.1. The van der Waals surface area contributed by atoms with E-state index < -0.39 is 0 Å². The van der Waals surface area contributed by atoms with E-state index in [9.17, 15) is 0 Å². The fourth-order valence-corrected chi connectivity index (χ4v) is 3.38. The monoisotopic (exact) mass is 268 g/mol. The molecule has 102 valence electrons. The molecule has 0 radical (unpaired) electrons. The molecule has 0 aromatic carbocycles. The Morgan fingerprint density at radius 2 is 2.06 bits per heavy atom. The highest BCUT2D eigenvalue weighted by Crippen LogP contribution is 2.30. The molecule has 0 spiro atoms. The van der Waals surface area contributed by atoms with Crippen LogP contribution in [0.2, 0.25) is 0 Å². The Hall–Kier alpha value is -0.680. The second-order valence-corrected chi connectivity index (χ2v) is 6.05. The summed E-state index contributed by atoms with van der Waals surface area (Å²) in [6.07, 6.45) is 6.79. The molecule has 0 aliphatic heterocycles. The predicted octanol–water partition coefficient (Wildman–Crippen LogP) is 2.98. The zero-order valence-corrected chi connectivity index (χ0v) is 12.5. The van der Waals surface area contributed by atoms with Gasteiger partial charge in [-0.25, -0.2) is 0 Å². The molecule has 1 aliphatic rings. The van der Waals surface area contributed by atoms with E-state index in [1.807, 2.05) is 7.05 Å². The van der Waals surface area contributed by atoms with Crippen LogP contribution in [0.5, 0.6) is 0 Å². The standard InChI is InChI=1S/C13H24N4S/c1-4-10-5-7-11(8-6-10)17(3)9-12-13(14-2)18-16-15-12/h10-11,14H,4-9H2,1-3H3. The molecule has 1 saturated carbocycles. The van der Waals surface area contributed by atoms with Gasteiger partial charge in [0.15, 0.2) is 0 Å². The third-order valence-electron chi connectivity index (χ3n) is 4.20. The van der Waals surface area contributed by atoms with Crippen LogP contribution in [0.1, 0.15) is 44.7 Å². The van der Waals surface area contributed by atoms with Crippen molar-refractivity contribution in [3.05, 3.63) is 5.69 Å². The van der Waals surface area contributed by atoms with Crippen LogP contribution in [-0.2, 0) is 6.54 Å².